The summed E-state index contributed by atoms with van der Waals surface area (Å²) >= 11 is 5.80. The van der Waals surface area contributed by atoms with Crippen LogP contribution in [0.3, 0.4) is 0 Å². The molecule has 6 nitrogen and oxygen atoms in total. The largest absolute Gasteiger partial charge is 0.434 e. The molecule has 0 bridgehead atoms. The third-order valence-electron chi connectivity index (χ3n) is 5.06. The second-order valence-electron chi connectivity index (χ2n) is 7.31. The fraction of sp³-hybridized carbons (Fsp3) is 0.286. The summed E-state index contributed by atoms with van der Waals surface area (Å²) in [5.41, 5.74) is -0.584. The highest BCUT2D eigenvalue weighted by Gasteiger charge is 2.41. The molecular formula is C21H19ClF3N5O. The molecule has 1 unspecified atom stereocenters. The third kappa shape index (κ3) is 4.88. The van der Waals surface area contributed by atoms with Crippen LogP contribution in [-0.2, 0) is 12.7 Å². The van der Waals surface area contributed by atoms with Gasteiger partial charge in [0, 0.05) is 25.7 Å². The molecule has 10 heteroatoms. The molecule has 4 rings (SSSR count). The minimum atomic E-state index is -4.80. The molecule has 3 heterocycles. The standard InChI is InChI=1S/C21H19ClF3N5O/c22-17-7-4-8-18(28-17)30-19(21(23,24)25)16(11-26-30)20(31)27-15-9-10-29(13-15)12-14-5-2-1-3-6-14/h1-8,11,15H,9-10,12-13H2,(H,27,31). The summed E-state index contributed by atoms with van der Waals surface area (Å²) in [5.74, 6) is -0.930. The molecule has 1 atom stereocenters. The zero-order valence-corrected chi connectivity index (χ0v) is 17.1. The number of hydrogen-bond donors (Lipinski definition) is 1. The van der Waals surface area contributed by atoms with Crippen LogP contribution in [0.2, 0.25) is 5.15 Å². The smallest absolute Gasteiger partial charge is 0.348 e. The topological polar surface area (TPSA) is 63.1 Å². The van der Waals surface area contributed by atoms with Crippen molar-refractivity contribution in [2.24, 2.45) is 0 Å². The number of halogens is 4. The number of carbonyl (C=O) groups excluding carboxylic acids is 1. The lowest BCUT2D eigenvalue weighted by Gasteiger charge is -2.17. The Bertz CT molecular complexity index is 1070. The van der Waals surface area contributed by atoms with Crippen molar-refractivity contribution in [3.8, 4) is 5.82 Å². The van der Waals surface area contributed by atoms with Crippen LogP contribution in [0.5, 0.6) is 0 Å². The number of likely N-dealkylation sites (tertiary alicyclic amines) is 1. The first-order chi connectivity index (χ1) is 14.8. The van der Waals surface area contributed by atoms with Crippen molar-refractivity contribution in [3.63, 3.8) is 0 Å². The number of nitrogens with one attached hydrogen (secondary N) is 1. The van der Waals surface area contributed by atoms with Gasteiger partial charge in [-0.05, 0) is 24.1 Å². The molecule has 31 heavy (non-hydrogen) atoms. The predicted octanol–water partition coefficient (Wildman–Crippen LogP) is 3.94. The highest BCUT2D eigenvalue weighted by atomic mass is 35.5. The Hall–Kier alpha value is -2.91. The second kappa shape index (κ2) is 8.68. The number of aromatic nitrogens is 3. The van der Waals surface area contributed by atoms with E-state index in [-0.39, 0.29) is 17.0 Å². The maximum Gasteiger partial charge on any atom is 0.434 e. The number of rotatable bonds is 5. The van der Waals surface area contributed by atoms with Crippen LogP contribution in [-0.4, -0.2) is 44.7 Å². The van der Waals surface area contributed by atoms with E-state index in [1.54, 1.807) is 0 Å². The molecule has 1 aromatic carbocycles. The molecule has 1 amide bonds. The van der Waals surface area contributed by atoms with E-state index < -0.39 is 23.3 Å². The first-order valence-electron chi connectivity index (χ1n) is 9.66. The number of carbonyl (C=O) groups is 1. The fourth-order valence-corrected chi connectivity index (χ4v) is 3.83. The molecule has 1 aliphatic heterocycles. The number of hydrogen-bond acceptors (Lipinski definition) is 4. The Morgan fingerprint density at radius 1 is 1.16 bits per heavy atom. The SMILES string of the molecule is O=C(NC1CCN(Cc2ccccc2)C1)c1cnn(-c2cccc(Cl)n2)c1C(F)(F)F. The highest BCUT2D eigenvalue weighted by molar-refractivity contribution is 6.29. The summed E-state index contributed by atoms with van der Waals surface area (Å²) in [6.07, 6.45) is -3.23. The van der Waals surface area contributed by atoms with Crippen LogP contribution in [0.25, 0.3) is 5.82 Å². The zero-order valence-electron chi connectivity index (χ0n) is 16.3. The Morgan fingerprint density at radius 2 is 1.94 bits per heavy atom. The van der Waals surface area contributed by atoms with Crippen LogP contribution >= 0.6 is 11.6 Å². The summed E-state index contributed by atoms with van der Waals surface area (Å²) in [6, 6.07) is 13.9. The summed E-state index contributed by atoms with van der Waals surface area (Å²) in [5, 5.41) is 6.51. The van der Waals surface area contributed by atoms with Gasteiger partial charge in [0.1, 0.15) is 5.15 Å². The molecule has 1 fully saturated rings. The van der Waals surface area contributed by atoms with Crippen LogP contribution in [0.15, 0.2) is 54.7 Å². The van der Waals surface area contributed by atoms with E-state index in [4.69, 9.17) is 11.6 Å². The van der Waals surface area contributed by atoms with Crippen molar-refractivity contribution in [1.82, 2.24) is 25.0 Å². The quantitative estimate of drug-likeness (QED) is 0.599. The van der Waals surface area contributed by atoms with Gasteiger partial charge in [0.2, 0.25) is 0 Å². The van der Waals surface area contributed by atoms with Gasteiger partial charge >= 0.3 is 6.18 Å². The maximum atomic E-state index is 13.8. The molecule has 162 valence electrons. The summed E-state index contributed by atoms with van der Waals surface area (Å²) in [7, 11) is 0. The Morgan fingerprint density at radius 3 is 2.65 bits per heavy atom. The number of nitrogens with zero attached hydrogens (tertiary/aromatic N) is 4. The van der Waals surface area contributed by atoms with Crippen molar-refractivity contribution in [2.45, 2.75) is 25.2 Å². The third-order valence-corrected chi connectivity index (χ3v) is 5.27. The van der Waals surface area contributed by atoms with Gasteiger partial charge in [-0.15, -0.1) is 0 Å². The molecule has 0 aliphatic carbocycles. The van der Waals surface area contributed by atoms with E-state index in [1.165, 1.54) is 18.2 Å². The Kier molecular flexibility index (Phi) is 5.97. The average Bonchev–Trinajstić information content (AvgIpc) is 3.36. The van der Waals surface area contributed by atoms with Gasteiger partial charge in [0.15, 0.2) is 11.5 Å². The molecule has 1 aliphatic rings. The van der Waals surface area contributed by atoms with E-state index in [0.29, 0.717) is 17.6 Å². The number of amides is 1. The summed E-state index contributed by atoms with van der Waals surface area (Å²) in [4.78, 5) is 18.7. The molecule has 0 saturated carbocycles. The van der Waals surface area contributed by atoms with Crippen LogP contribution in [0.4, 0.5) is 13.2 Å². The predicted molar refractivity (Wildman–Crippen MR) is 109 cm³/mol. The van der Waals surface area contributed by atoms with Gasteiger partial charge in [-0.2, -0.15) is 18.3 Å². The molecular weight excluding hydrogens is 431 g/mol. The van der Waals surface area contributed by atoms with E-state index in [9.17, 15) is 18.0 Å². The molecule has 2 aromatic heterocycles. The normalized spacial score (nSPS) is 17.1. The lowest BCUT2D eigenvalue weighted by Crippen LogP contribution is -2.37. The van der Waals surface area contributed by atoms with Gasteiger partial charge in [-0.1, -0.05) is 48.0 Å². The second-order valence-corrected chi connectivity index (χ2v) is 7.70. The molecule has 1 saturated heterocycles. The lowest BCUT2D eigenvalue weighted by atomic mass is 10.2. The molecule has 0 spiro atoms. The van der Waals surface area contributed by atoms with E-state index in [0.717, 1.165) is 24.8 Å². The van der Waals surface area contributed by atoms with Crippen LogP contribution in [0.1, 0.15) is 28.0 Å². The van der Waals surface area contributed by atoms with Gasteiger partial charge in [0.25, 0.3) is 5.91 Å². The zero-order chi connectivity index (χ0) is 22.0. The minimum absolute atomic E-state index is 0.0246. The Labute approximate surface area is 181 Å². The van der Waals surface area contributed by atoms with E-state index in [2.05, 4.69) is 20.3 Å². The fourth-order valence-electron chi connectivity index (χ4n) is 3.68. The minimum Gasteiger partial charge on any atom is -0.348 e. The van der Waals surface area contributed by atoms with Crippen molar-refractivity contribution in [2.75, 3.05) is 13.1 Å². The molecule has 3 aromatic rings. The van der Waals surface area contributed by atoms with E-state index in [1.807, 2.05) is 30.3 Å². The van der Waals surface area contributed by atoms with Crippen molar-refractivity contribution in [1.29, 1.82) is 0 Å². The first kappa shape index (κ1) is 21.3. The summed E-state index contributed by atoms with van der Waals surface area (Å²) < 4.78 is 42.0. The highest BCUT2D eigenvalue weighted by Crippen LogP contribution is 2.33. The number of pyridine rings is 1. The van der Waals surface area contributed by atoms with Gasteiger partial charge in [0.05, 0.1) is 11.8 Å². The van der Waals surface area contributed by atoms with Gasteiger partial charge in [-0.25, -0.2) is 9.67 Å². The van der Waals surface area contributed by atoms with Gasteiger partial charge in [-0.3, -0.25) is 9.69 Å². The molecule has 1 N–H and O–H groups in total. The maximum absolute atomic E-state index is 13.8. The van der Waals surface area contributed by atoms with Crippen LogP contribution < -0.4 is 5.32 Å². The lowest BCUT2D eigenvalue weighted by molar-refractivity contribution is -0.143. The Balaban J connectivity index is 1.50. The monoisotopic (exact) mass is 449 g/mol. The van der Waals surface area contributed by atoms with E-state index >= 15 is 0 Å². The van der Waals surface area contributed by atoms with Crippen LogP contribution in [0, 0.1) is 0 Å². The van der Waals surface area contributed by atoms with Gasteiger partial charge < -0.3 is 5.32 Å². The van der Waals surface area contributed by atoms with Crippen molar-refractivity contribution in [3.05, 3.63) is 76.7 Å². The number of alkyl halides is 3. The first-order valence-corrected chi connectivity index (χ1v) is 10.0. The number of benzene rings is 1. The average molecular weight is 450 g/mol. The van der Waals surface area contributed by atoms with Crippen molar-refractivity contribution < 1.29 is 18.0 Å². The molecule has 0 radical (unpaired) electrons. The van der Waals surface area contributed by atoms with Crippen molar-refractivity contribution >= 4 is 17.5 Å². The summed E-state index contributed by atoms with van der Waals surface area (Å²) in [6.45, 7) is 2.03.